The molecule has 200 valence electrons. The van der Waals surface area contributed by atoms with Gasteiger partial charge in [-0.3, -0.25) is 0 Å². The summed E-state index contributed by atoms with van der Waals surface area (Å²) in [5.41, 5.74) is 4.29. The minimum Gasteiger partial charge on any atom is -0.495 e. The fourth-order valence-corrected chi connectivity index (χ4v) is 5.30. The quantitative estimate of drug-likeness (QED) is 0.371. The van der Waals surface area contributed by atoms with Gasteiger partial charge in [0.1, 0.15) is 5.75 Å². The van der Waals surface area contributed by atoms with Gasteiger partial charge in [0, 0.05) is 12.7 Å². The minimum absolute atomic E-state index is 0.0419. The van der Waals surface area contributed by atoms with E-state index in [4.69, 9.17) is 9.57 Å². The standard InChI is InChI=1S/C23H28N4O2.C6H3F3/c1-17-14-27(16-24-17)20-8-7-18(13-21(20)28-2)12-19-6-5-11-26-15-23(9-3-4-10-23)29-25-22(19)26;7-4-2-1-3-5(8)6(4)9/h7-8,12-14,16H,3-6,9-11,15H2,1-2H3;1-3H/b19-12+;. The zero-order valence-electron chi connectivity index (χ0n) is 21.6. The molecule has 0 amide bonds. The summed E-state index contributed by atoms with van der Waals surface area (Å²) >= 11 is 0. The highest BCUT2D eigenvalue weighted by atomic mass is 19.2. The number of fused-ring (bicyclic) bond motifs is 1. The van der Waals surface area contributed by atoms with Crippen LogP contribution in [0, 0.1) is 24.4 Å². The average molecular weight is 525 g/mol. The SMILES string of the molecule is COc1cc(/C=C2\CCCN3CC4(CCCC4)ON=C23)ccc1-n1cnc(C)c1.Fc1cccc(F)c1F. The van der Waals surface area contributed by atoms with E-state index in [-0.39, 0.29) is 5.60 Å². The molecule has 0 atom stereocenters. The Bertz CT molecular complexity index is 1340. The van der Waals surface area contributed by atoms with E-state index in [1.54, 1.807) is 7.11 Å². The lowest BCUT2D eigenvalue weighted by atomic mass is 9.95. The van der Waals surface area contributed by atoms with E-state index in [2.05, 4.69) is 39.3 Å². The number of aromatic nitrogens is 2. The van der Waals surface area contributed by atoms with Crippen molar-refractivity contribution in [3.8, 4) is 11.4 Å². The first kappa shape index (κ1) is 25.9. The largest absolute Gasteiger partial charge is 0.495 e. The molecule has 2 aromatic carbocycles. The maximum Gasteiger partial charge on any atom is 0.194 e. The Morgan fingerprint density at radius 1 is 1.05 bits per heavy atom. The number of methoxy groups -OCH3 is 1. The third kappa shape index (κ3) is 5.42. The van der Waals surface area contributed by atoms with Gasteiger partial charge in [0.2, 0.25) is 0 Å². The van der Waals surface area contributed by atoms with Crippen LogP contribution in [0.4, 0.5) is 13.2 Å². The van der Waals surface area contributed by atoms with Crippen molar-refractivity contribution in [1.82, 2.24) is 14.5 Å². The third-order valence-electron chi connectivity index (χ3n) is 7.22. The van der Waals surface area contributed by atoms with Crippen LogP contribution in [0.2, 0.25) is 0 Å². The Kier molecular flexibility index (Phi) is 7.44. The van der Waals surface area contributed by atoms with Crippen LogP contribution in [-0.4, -0.2) is 46.1 Å². The van der Waals surface area contributed by atoms with Crippen LogP contribution in [0.1, 0.15) is 49.8 Å². The number of aryl methyl sites for hydroxylation is 1. The summed E-state index contributed by atoms with van der Waals surface area (Å²) < 4.78 is 43.6. The van der Waals surface area contributed by atoms with Gasteiger partial charge in [0.15, 0.2) is 28.9 Å². The van der Waals surface area contributed by atoms with Gasteiger partial charge in [-0.1, -0.05) is 17.3 Å². The van der Waals surface area contributed by atoms with Gasteiger partial charge in [0.05, 0.1) is 31.4 Å². The van der Waals surface area contributed by atoms with Crippen molar-refractivity contribution >= 4 is 11.9 Å². The number of imidazole rings is 1. The van der Waals surface area contributed by atoms with Crippen molar-refractivity contribution < 1.29 is 22.7 Å². The lowest BCUT2D eigenvalue weighted by molar-refractivity contribution is -0.0688. The van der Waals surface area contributed by atoms with Gasteiger partial charge in [-0.25, -0.2) is 18.2 Å². The Balaban J connectivity index is 0.000000278. The van der Waals surface area contributed by atoms with E-state index in [1.807, 2.05) is 24.0 Å². The highest BCUT2D eigenvalue weighted by Crippen LogP contribution is 2.38. The van der Waals surface area contributed by atoms with Crippen LogP contribution >= 0.6 is 0 Å². The number of hydrogen-bond acceptors (Lipinski definition) is 5. The van der Waals surface area contributed by atoms with Gasteiger partial charge < -0.3 is 19.0 Å². The van der Waals surface area contributed by atoms with Gasteiger partial charge in [-0.2, -0.15) is 0 Å². The normalized spacial score (nSPS) is 18.9. The molecule has 0 bridgehead atoms. The molecule has 1 aromatic heterocycles. The first-order valence-electron chi connectivity index (χ1n) is 12.9. The molecule has 3 aromatic rings. The predicted molar refractivity (Wildman–Crippen MR) is 140 cm³/mol. The molecule has 2 fully saturated rings. The molecule has 1 aliphatic carbocycles. The van der Waals surface area contributed by atoms with Crippen LogP contribution in [0.25, 0.3) is 11.8 Å². The zero-order chi connectivity index (χ0) is 26.7. The fourth-order valence-electron chi connectivity index (χ4n) is 5.30. The highest BCUT2D eigenvalue weighted by molar-refractivity contribution is 6.02. The topological polar surface area (TPSA) is 51.9 Å². The maximum absolute atomic E-state index is 12.0. The summed E-state index contributed by atoms with van der Waals surface area (Å²) in [4.78, 5) is 12.8. The van der Waals surface area contributed by atoms with Crippen LogP contribution in [0.3, 0.4) is 0 Å². The number of ether oxygens (including phenoxy) is 1. The molecule has 1 saturated heterocycles. The van der Waals surface area contributed by atoms with E-state index in [0.29, 0.717) is 0 Å². The monoisotopic (exact) mass is 524 g/mol. The molecule has 3 heterocycles. The van der Waals surface area contributed by atoms with E-state index in [9.17, 15) is 13.2 Å². The van der Waals surface area contributed by atoms with Gasteiger partial charge in [-0.15, -0.1) is 0 Å². The number of halogens is 3. The second-order valence-electron chi connectivity index (χ2n) is 9.98. The summed E-state index contributed by atoms with van der Waals surface area (Å²) in [6.07, 6.45) is 13.0. The van der Waals surface area contributed by atoms with Crippen molar-refractivity contribution in [2.45, 2.75) is 51.0 Å². The maximum atomic E-state index is 12.0. The summed E-state index contributed by atoms with van der Waals surface area (Å²) in [6, 6.07) is 9.12. The van der Waals surface area contributed by atoms with E-state index < -0.39 is 17.5 Å². The Hall–Kier alpha value is -3.75. The summed E-state index contributed by atoms with van der Waals surface area (Å²) in [5.74, 6) is -1.89. The van der Waals surface area contributed by atoms with Crippen LogP contribution < -0.4 is 4.74 Å². The Labute approximate surface area is 220 Å². The smallest absolute Gasteiger partial charge is 0.194 e. The van der Waals surface area contributed by atoms with Crippen molar-refractivity contribution in [2.24, 2.45) is 5.16 Å². The molecule has 9 heteroatoms. The lowest BCUT2D eigenvalue weighted by Gasteiger charge is -2.42. The minimum atomic E-state index is -1.42. The lowest BCUT2D eigenvalue weighted by Crippen LogP contribution is -2.51. The molecule has 1 spiro atoms. The molecule has 6 rings (SSSR count). The van der Waals surface area contributed by atoms with Crippen LogP contribution in [-0.2, 0) is 4.84 Å². The molecular weight excluding hydrogens is 493 g/mol. The van der Waals surface area contributed by atoms with E-state index >= 15 is 0 Å². The molecule has 3 aliphatic rings. The van der Waals surface area contributed by atoms with Gasteiger partial charge in [-0.05, 0) is 86.9 Å². The molecule has 38 heavy (non-hydrogen) atoms. The third-order valence-corrected chi connectivity index (χ3v) is 7.22. The second-order valence-corrected chi connectivity index (χ2v) is 9.98. The Morgan fingerprint density at radius 2 is 1.82 bits per heavy atom. The first-order valence-corrected chi connectivity index (χ1v) is 12.9. The molecule has 2 aliphatic heterocycles. The molecule has 0 unspecified atom stereocenters. The highest BCUT2D eigenvalue weighted by Gasteiger charge is 2.43. The van der Waals surface area contributed by atoms with E-state index in [0.717, 1.165) is 85.5 Å². The predicted octanol–water partition coefficient (Wildman–Crippen LogP) is 6.43. The molecule has 1 saturated carbocycles. The van der Waals surface area contributed by atoms with E-state index in [1.165, 1.54) is 18.4 Å². The number of amidine groups is 1. The average Bonchev–Trinajstić information content (AvgIpc) is 3.56. The number of nitrogens with zero attached hydrogens (tertiary/aromatic N) is 4. The first-order chi connectivity index (χ1) is 18.4. The second kappa shape index (κ2) is 10.9. The number of benzene rings is 2. The van der Waals surface area contributed by atoms with Crippen molar-refractivity contribution in [3.63, 3.8) is 0 Å². The van der Waals surface area contributed by atoms with Crippen LogP contribution in [0.15, 0.2) is 59.7 Å². The van der Waals surface area contributed by atoms with Gasteiger partial charge >= 0.3 is 0 Å². The number of hydrogen-bond donors (Lipinski definition) is 0. The fraction of sp³-hybridized carbons (Fsp3) is 0.379. The van der Waals surface area contributed by atoms with Crippen LogP contribution in [0.5, 0.6) is 5.75 Å². The Morgan fingerprint density at radius 3 is 2.47 bits per heavy atom. The number of piperidine rings is 1. The van der Waals surface area contributed by atoms with Crippen molar-refractivity contribution in [1.29, 1.82) is 0 Å². The summed E-state index contributed by atoms with van der Waals surface area (Å²) in [5, 5.41) is 4.61. The summed E-state index contributed by atoms with van der Waals surface area (Å²) in [7, 11) is 1.71. The zero-order valence-corrected chi connectivity index (χ0v) is 21.6. The molecule has 0 N–H and O–H groups in total. The number of oxime groups is 1. The van der Waals surface area contributed by atoms with Crippen molar-refractivity contribution in [2.75, 3.05) is 20.2 Å². The molecular formula is C29H31F3N4O2. The van der Waals surface area contributed by atoms with Gasteiger partial charge in [0.25, 0.3) is 0 Å². The van der Waals surface area contributed by atoms with Crippen molar-refractivity contribution in [3.05, 3.63) is 83.2 Å². The molecule has 6 nitrogen and oxygen atoms in total. The molecule has 0 radical (unpaired) electrons. The number of rotatable bonds is 3. The summed E-state index contributed by atoms with van der Waals surface area (Å²) in [6.45, 7) is 4.04.